The summed E-state index contributed by atoms with van der Waals surface area (Å²) in [5, 5.41) is 10.4. The summed E-state index contributed by atoms with van der Waals surface area (Å²) < 4.78 is 35.8. The van der Waals surface area contributed by atoms with Crippen LogP contribution in [0.1, 0.15) is 43.6 Å². The van der Waals surface area contributed by atoms with E-state index in [4.69, 9.17) is 30.1 Å². The Labute approximate surface area is 197 Å². The summed E-state index contributed by atoms with van der Waals surface area (Å²) in [6.07, 6.45) is -2.11. The number of amidine groups is 1. The highest BCUT2D eigenvalue weighted by atomic mass is 19.1. The van der Waals surface area contributed by atoms with Gasteiger partial charge in [0.1, 0.15) is 23.2 Å². The molecule has 184 valence electrons. The number of rotatable bonds is 12. The predicted octanol–water partition coefficient (Wildman–Crippen LogP) is 2.84. The van der Waals surface area contributed by atoms with Crippen LogP contribution in [-0.2, 0) is 25.6 Å². The highest BCUT2D eigenvalue weighted by molar-refractivity contribution is 5.95. The van der Waals surface area contributed by atoms with Crippen LogP contribution in [0.15, 0.2) is 36.4 Å². The summed E-state index contributed by atoms with van der Waals surface area (Å²) in [6.45, 7) is 5.28. The van der Waals surface area contributed by atoms with Crippen molar-refractivity contribution in [3.8, 4) is 11.5 Å². The van der Waals surface area contributed by atoms with E-state index in [1.54, 1.807) is 32.0 Å². The Hall–Kier alpha value is -3.66. The number of hydrogen-bond acceptors (Lipinski definition) is 7. The zero-order chi connectivity index (χ0) is 25.3. The lowest BCUT2D eigenvalue weighted by molar-refractivity contribution is -0.150. The van der Waals surface area contributed by atoms with Crippen LogP contribution in [-0.4, -0.2) is 44.1 Å². The zero-order valence-electron chi connectivity index (χ0n) is 19.6. The Morgan fingerprint density at radius 1 is 1.15 bits per heavy atom. The largest absolute Gasteiger partial charge is 0.497 e. The number of hydrogen-bond donors (Lipinski definition) is 3. The third kappa shape index (κ3) is 6.92. The van der Waals surface area contributed by atoms with Crippen LogP contribution in [0.3, 0.4) is 0 Å². The van der Waals surface area contributed by atoms with Crippen LogP contribution >= 0.6 is 0 Å². The van der Waals surface area contributed by atoms with Crippen molar-refractivity contribution in [2.24, 2.45) is 5.73 Å². The second-order valence-electron chi connectivity index (χ2n) is 7.19. The molecule has 34 heavy (non-hydrogen) atoms. The third-order valence-corrected chi connectivity index (χ3v) is 4.82. The smallest absolute Gasteiger partial charge is 0.347 e. The Bertz CT molecular complexity index is 1030. The fraction of sp³-hybridized carbons (Fsp3) is 0.375. The number of carbonyl (C=O) groups excluding carboxylic acids is 2. The van der Waals surface area contributed by atoms with Crippen LogP contribution in [0.5, 0.6) is 11.5 Å². The van der Waals surface area contributed by atoms with Crippen molar-refractivity contribution < 1.29 is 32.9 Å². The number of halogens is 1. The summed E-state index contributed by atoms with van der Waals surface area (Å²) >= 11 is 0. The summed E-state index contributed by atoms with van der Waals surface area (Å²) in [7, 11) is 1.42. The van der Waals surface area contributed by atoms with Gasteiger partial charge in [0, 0.05) is 35.9 Å². The van der Waals surface area contributed by atoms with Crippen LogP contribution < -0.4 is 20.5 Å². The molecule has 2 aromatic carbocycles. The van der Waals surface area contributed by atoms with Crippen molar-refractivity contribution >= 4 is 17.7 Å². The summed E-state index contributed by atoms with van der Waals surface area (Å²) in [5.41, 5.74) is 6.54. The second-order valence-corrected chi connectivity index (χ2v) is 7.19. The molecule has 0 saturated carbocycles. The molecule has 0 bridgehead atoms. The molecule has 4 N–H and O–H groups in total. The highest BCUT2D eigenvalue weighted by Gasteiger charge is 2.25. The minimum atomic E-state index is -1.18. The van der Waals surface area contributed by atoms with Crippen molar-refractivity contribution in [1.82, 2.24) is 5.32 Å². The molecule has 9 nitrogen and oxygen atoms in total. The maximum Gasteiger partial charge on any atom is 0.347 e. The number of esters is 1. The number of ether oxygens (including phenoxy) is 4. The maximum atomic E-state index is 14.6. The molecule has 0 fully saturated rings. The molecule has 0 radical (unpaired) electrons. The fourth-order valence-electron chi connectivity index (χ4n) is 3.07. The summed E-state index contributed by atoms with van der Waals surface area (Å²) in [6, 6.07) is 8.87. The molecule has 1 unspecified atom stereocenters. The molecule has 0 spiro atoms. The average Bonchev–Trinajstić information content (AvgIpc) is 2.81. The van der Waals surface area contributed by atoms with E-state index >= 15 is 0 Å². The minimum Gasteiger partial charge on any atom is -0.497 e. The first-order chi connectivity index (χ1) is 16.2. The van der Waals surface area contributed by atoms with E-state index in [1.807, 2.05) is 0 Å². The van der Waals surface area contributed by atoms with Gasteiger partial charge in [-0.1, -0.05) is 12.1 Å². The van der Waals surface area contributed by atoms with Gasteiger partial charge in [0.2, 0.25) is 0 Å². The van der Waals surface area contributed by atoms with Gasteiger partial charge in [0.15, 0.2) is 12.2 Å². The van der Waals surface area contributed by atoms with Crippen molar-refractivity contribution in [2.75, 3.05) is 20.3 Å². The second kappa shape index (κ2) is 12.5. The SMILES string of the molecule is CCOC(=O)C(C)Oc1cc(C(=N)N)ccc1CNC(=O)[C@H](OCC)c1ccc(OC)cc1F. The average molecular weight is 476 g/mol. The molecule has 2 atom stereocenters. The minimum absolute atomic E-state index is 0.0107. The van der Waals surface area contributed by atoms with Crippen molar-refractivity contribution in [3.63, 3.8) is 0 Å². The van der Waals surface area contributed by atoms with E-state index in [0.29, 0.717) is 16.9 Å². The van der Waals surface area contributed by atoms with Gasteiger partial charge in [0.25, 0.3) is 5.91 Å². The van der Waals surface area contributed by atoms with Gasteiger partial charge in [-0.05, 0) is 39.0 Å². The van der Waals surface area contributed by atoms with Gasteiger partial charge in [-0.25, -0.2) is 9.18 Å². The molecule has 2 aromatic rings. The summed E-state index contributed by atoms with van der Waals surface area (Å²) in [4.78, 5) is 24.9. The molecule has 2 rings (SSSR count). The van der Waals surface area contributed by atoms with E-state index in [1.165, 1.54) is 32.2 Å². The molecular formula is C24H30FN3O6. The standard InChI is InChI=1S/C24H30FN3O6/c1-5-32-21(18-10-9-17(31-4)12-19(18)25)23(29)28-13-16-8-7-15(22(26)27)11-20(16)34-14(3)24(30)33-6-2/h7-12,14,21H,5-6,13H2,1-4H3,(H3,26,27)(H,28,29)/t14?,21-/m1/s1. The first-order valence-electron chi connectivity index (χ1n) is 10.7. The van der Waals surface area contributed by atoms with Gasteiger partial charge < -0.3 is 30.0 Å². The lowest BCUT2D eigenvalue weighted by atomic mass is 10.1. The number of carbonyl (C=O) groups is 2. The quantitative estimate of drug-likeness (QED) is 0.244. The topological polar surface area (TPSA) is 133 Å². The predicted molar refractivity (Wildman–Crippen MR) is 123 cm³/mol. The third-order valence-electron chi connectivity index (χ3n) is 4.82. The number of nitrogen functional groups attached to an aromatic ring is 1. The van der Waals surface area contributed by atoms with E-state index in [9.17, 15) is 14.0 Å². The Kier molecular flexibility index (Phi) is 9.81. The van der Waals surface area contributed by atoms with Gasteiger partial charge in [-0.2, -0.15) is 0 Å². The molecule has 0 heterocycles. The van der Waals surface area contributed by atoms with Crippen molar-refractivity contribution in [2.45, 2.75) is 39.5 Å². The molecule has 10 heteroatoms. The Morgan fingerprint density at radius 3 is 2.47 bits per heavy atom. The van der Waals surface area contributed by atoms with Crippen LogP contribution in [0.2, 0.25) is 0 Å². The molecule has 1 amide bonds. The number of methoxy groups -OCH3 is 1. The molecule has 0 saturated heterocycles. The lowest BCUT2D eigenvalue weighted by Gasteiger charge is -2.20. The van der Waals surface area contributed by atoms with E-state index in [2.05, 4.69) is 5.32 Å². The zero-order valence-corrected chi connectivity index (χ0v) is 19.6. The Morgan fingerprint density at radius 2 is 1.88 bits per heavy atom. The number of benzene rings is 2. The first kappa shape index (κ1) is 26.6. The molecular weight excluding hydrogens is 445 g/mol. The molecule has 0 aliphatic heterocycles. The highest BCUT2D eigenvalue weighted by Crippen LogP contribution is 2.26. The van der Waals surface area contributed by atoms with Gasteiger partial charge in [-0.15, -0.1) is 0 Å². The fourth-order valence-corrected chi connectivity index (χ4v) is 3.07. The van der Waals surface area contributed by atoms with Gasteiger partial charge in [0.05, 0.1) is 13.7 Å². The molecule has 0 aromatic heterocycles. The maximum absolute atomic E-state index is 14.6. The lowest BCUT2D eigenvalue weighted by Crippen LogP contribution is -2.32. The van der Waals surface area contributed by atoms with E-state index in [-0.39, 0.29) is 36.9 Å². The van der Waals surface area contributed by atoms with Crippen molar-refractivity contribution in [3.05, 3.63) is 58.9 Å². The van der Waals surface area contributed by atoms with E-state index in [0.717, 1.165) is 0 Å². The molecule has 0 aliphatic rings. The first-order valence-corrected chi connectivity index (χ1v) is 10.7. The van der Waals surface area contributed by atoms with Crippen LogP contribution in [0, 0.1) is 11.2 Å². The monoisotopic (exact) mass is 475 g/mol. The normalized spacial score (nSPS) is 12.4. The summed E-state index contributed by atoms with van der Waals surface area (Å²) in [5.74, 6) is -1.37. The Balaban J connectivity index is 2.25. The van der Waals surface area contributed by atoms with Gasteiger partial charge >= 0.3 is 5.97 Å². The van der Waals surface area contributed by atoms with Crippen molar-refractivity contribution in [1.29, 1.82) is 5.41 Å². The van der Waals surface area contributed by atoms with Gasteiger partial charge in [-0.3, -0.25) is 10.2 Å². The number of nitrogens with two attached hydrogens (primary N) is 1. The number of amides is 1. The van der Waals surface area contributed by atoms with Crippen LogP contribution in [0.25, 0.3) is 0 Å². The number of nitrogens with one attached hydrogen (secondary N) is 2. The van der Waals surface area contributed by atoms with E-state index < -0.39 is 29.9 Å². The van der Waals surface area contributed by atoms with Crippen LogP contribution in [0.4, 0.5) is 4.39 Å². The molecule has 0 aliphatic carbocycles.